The highest BCUT2D eigenvalue weighted by Crippen LogP contribution is 2.19. The molecule has 1 rings (SSSR count). The molecule has 0 saturated carbocycles. The van der Waals surface area contributed by atoms with E-state index in [1.807, 2.05) is 25.5 Å². The molecular formula is C11H17ClN2O. The van der Waals surface area contributed by atoms with Crippen molar-refractivity contribution < 1.29 is 4.79 Å². The van der Waals surface area contributed by atoms with E-state index >= 15 is 0 Å². The summed E-state index contributed by atoms with van der Waals surface area (Å²) >= 11 is 6.02. The fraction of sp³-hybridized carbons (Fsp3) is 0.636. The number of ketones is 1. The Morgan fingerprint density at radius 3 is 2.60 bits per heavy atom. The van der Waals surface area contributed by atoms with Crippen molar-refractivity contribution >= 4 is 17.4 Å². The van der Waals surface area contributed by atoms with Crippen molar-refractivity contribution in [1.82, 2.24) is 9.78 Å². The zero-order valence-corrected chi connectivity index (χ0v) is 10.3. The van der Waals surface area contributed by atoms with Crippen molar-refractivity contribution in [2.45, 2.75) is 46.6 Å². The van der Waals surface area contributed by atoms with Crippen molar-refractivity contribution in [1.29, 1.82) is 0 Å². The van der Waals surface area contributed by atoms with E-state index in [1.54, 1.807) is 0 Å². The van der Waals surface area contributed by atoms with Gasteiger partial charge in [0.2, 0.25) is 0 Å². The Morgan fingerprint density at radius 1 is 1.47 bits per heavy atom. The van der Waals surface area contributed by atoms with Gasteiger partial charge in [-0.05, 0) is 20.3 Å². The SMILES string of the molecule is CCC(=O)CCCn1nc(C)c(Cl)c1C. The fourth-order valence-corrected chi connectivity index (χ4v) is 1.63. The standard InChI is InChI=1S/C11H17ClN2O/c1-4-10(15)6-5-7-14-9(3)11(12)8(2)13-14/h4-7H2,1-3H3. The van der Waals surface area contributed by atoms with Crippen molar-refractivity contribution in [2.24, 2.45) is 0 Å². The summed E-state index contributed by atoms with van der Waals surface area (Å²) in [5.74, 6) is 0.308. The molecule has 0 aliphatic rings. The lowest BCUT2D eigenvalue weighted by Crippen LogP contribution is -2.05. The second kappa shape index (κ2) is 5.31. The van der Waals surface area contributed by atoms with Crippen LogP contribution in [0.1, 0.15) is 37.6 Å². The summed E-state index contributed by atoms with van der Waals surface area (Å²) in [6.45, 7) is 6.50. The second-order valence-corrected chi connectivity index (χ2v) is 4.08. The van der Waals surface area contributed by atoms with Crippen LogP contribution in [0.2, 0.25) is 5.02 Å². The van der Waals surface area contributed by atoms with E-state index in [1.165, 1.54) is 0 Å². The van der Waals surface area contributed by atoms with Gasteiger partial charge in [0.25, 0.3) is 0 Å². The number of carbonyl (C=O) groups is 1. The maximum atomic E-state index is 11.1. The minimum Gasteiger partial charge on any atom is -0.300 e. The molecule has 0 N–H and O–H groups in total. The minimum atomic E-state index is 0.308. The maximum Gasteiger partial charge on any atom is 0.132 e. The van der Waals surface area contributed by atoms with Gasteiger partial charge in [-0.1, -0.05) is 18.5 Å². The van der Waals surface area contributed by atoms with Crippen LogP contribution in [0.4, 0.5) is 0 Å². The predicted octanol–water partition coefficient (Wildman–Crippen LogP) is 2.91. The quantitative estimate of drug-likeness (QED) is 0.777. The average Bonchev–Trinajstić information content (AvgIpc) is 2.46. The van der Waals surface area contributed by atoms with Crippen LogP contribution in [0.25, 0.3) is 0 Å². The molecule has 0 aliphatic carbocycles. The van der Waals surface area contributed by atoms with Crippen LogP contribution >= 0.6 is 11.6 Å². The minimum absolute atomic E-state index is 0.308. The molecule has 0 spiro atoms. The van der Waals surface area contributed by atoms with Crippen molar-refractivity contribution in [2.75, 3.05) is 0 Å². The second-order valence-electron chi connectivity index (χ2n) is 3.70. The van der Waals surface area contributed by atoms with Crippen LogP contribution < -0.4 is 0 Å². The van der Waals surface area contributed by atoms with E-state index in [4.69, 9.17) is 11.6 Å². The van der Waals surface area contributed by atoms with Crippen LogP contribution in [-0.2, 0) is 11.3 Å². The van der Waals surface area contributed by atoms with Gasteiger partial charge in [0, 0.05) is 19.4 Å². The number of halogens is 1. The number of aromatic nitrogens is 2. The first-order valence-corrected chi connectivity index (χ1v) is 5.65. The van der Waals surface area contributed by atoms with E-state index < -0.39 is 0 Å². The third-order valence-electron chi connectivity index (χ3n) is 2.51. The summed E-state index contributed by atoms with van der Waals surface area (Å²) in [6.07, 6.45) is 2.09. The smallest absolute Gasteiger partial charge is 0.132 e. The van der Waals surface area contributed by atoms with Crippen LogP contribution in [0, 0.1) is 13.8 Å². The first-order valence-electron chi connectivity index (χ1n) is 5.27. The van der Waals surface area contributed by atoms with E-state index in [0.29, 0.717) is 18.6 Å². The molecular weight excluding hydrogens is 212 g/mol. The molecule has 15 heavy (non-hydrogen) atoms. The number of nitrogens with zero attached hydrogens (tertiary/aromatic N) is 2. The van der Waals surface area contributed by atoms with Gasteiger partial charge in [-0.25, -0.2) is 0 Å². The number of hydrogen-bond donors (Lipinski definition) is 0. The molecule has 1 aromatic rings. The Balaban J connectivity index is 2.51. The molecule has 0 atom stereocenters. The van der Waals surface area contributed by atoms with E-state index in [9.17, 15) is 4.79 Å². The fourth-order valence-electron chi connectivity index (χ4n) is 1.50. The first kappa shape index (κ1) is 12.2. The Labute approximate surface area is 95.4 Å². The number of carbonyl (C=O) groups excluding carboxylic acids is 1. The van der Waals surface area contributed by atoms with Crippen molar-refractivity contribution in [3.05, 3.63) is 16.4 Å². The molecule has 3 nitrogen and oxygen atoms in total. The van der Waals surface area contributed by atoms with Crippen molar-refractivity contribution in [3.8, 4) is 0 Å². The molecule has 1 heterocycles. The number of hydrogen-bond acceptors (Lipinski definition) is 2. The molecule has 0 unspecified atom stereocenters. The molecule has 0 aromatic carbocycles. The molecule has 0 saturated heterocycles. The molecule has 1 aromatic heterocycles. The van der Waals surface area contributed by atoms with Gasteiger partial charge in [-0.2, -0.15) is 5.10 Å². The van der Waals surface area contributed by atoms with Gasteiger partial charge in [-0.3, -0.25) is 9.48 Å². The molecule has 0 aliphatic heterocycles. The summed E-state index contributed by atoms with van der Waals surface area (Å²) in [7, 11) is 0. The van der Waals surface area contributed by atoms with Gasteiger partial charge in [-0.15, -0.1) is 0 Å². The first-order chi connectivity index (χ1) is 7.06. The summed E-state index contributed by atoms with van der Waals surface area (Å²) in [5.41, 5.74) is 1.84. The lowest BCUT2D eigenvalue weighted by Gasteiger charge is -2.03. The highest BCUT2D eigenvalue weighted by atomic mass is 35.5. The molecule has 4 heteroatoms. The van der Waals surface area contributed by atoms with Crippen LogP contribution in [0.15, 0.2) is 0 Å². The highest BCUT2D eigenvalue weighted by molar-refractivity contribution is 6.31. The monoisotopic (exact) mass is 228 g/mol. The summed E-state index contributed by atoms with van der Waals surface area (Å²) in [4.78, 5) is 11.1. The Hall–Kier alpha value is -0.830. The average molecular weight is 229 g/mol. The molecule has 84 valence electrons. The number of aryl methyl sites for hydroxylation is 2. The van der Waals surface area contributed by atoms with E-state index in [-0.39, 0.29) is 0 Å². The predicted molar refractivity (Wildman–Crippen MR) is 61.2 cm³/mol. The van der Waals surface area contributed by atoms with Gasteiger partial charge in [0.05, 0.1) is 16.4 Å². The summed E-state index contributed by atoms with van der Waals surface area (Å²) in [5, 5.41) is 5.04. The largest absolute Gasteiger partial charge is 0.300 e. The third-order valence-corrected chi connectivity index (χ3v) is 3.06. The van der Waals surface area contributed by atoms with Crippen molar-refractivity contribution in [3.63, 3.8) is 0 Å². The number of rotatable bonds is 5. The Bertz CT molecular complexity index is 358. The van der Waals surface area contributed by atoms with Crippen LogP contribution in [0.3, 0.4) is 0 Å². The molecule has 0 amide bonds. The lowest BCUT2D eigenvalue weighted by molar-refractivity contribution is -0.118. The van der Waals surface area contributed by atoms with Gasteiger partial charge >= 0.3 is 0 Å². The van der Waals surface area contributed by atoms with Gasteiger partial charge < -0.3 is 0 Å². The van der Waals surface area contributed by atoms with Crippen LogP contribution in [-0.4, -0.2) is 15.6 Å². The Morgan fingerprint density at radius 2 is 2.13 bits per heavy atom. The third kappa shape index (κ3) is 3.06. The summed E-state index contributed by atoms with van der Waals surface area (Å²) in [6, 6.07) is 0. The van der Waals surface area contributed by atoms with Gasteiger partial charge in [0.1, 0.15) is 5.78 Å². The zero-order chi connectivity index (χ0) is 11.4. The zero-order valence-electron chi connectivity index (χ0n) is 9.51. The van der Waals surface area contributed by atoms with Gasteiger partial charge in [0.15, 0.2) is 0 Å². The van der Waals surface area contributed by atoms with E-state index in [0.717, 1.165) is 29.4 Å². The van der Waals surface area contributed by atoms with Crippen LogP contribution in [0.5, 0.6) is 0 Å². The molecule has 0 fully saturated rings. The Kier molecular flexibility index (Phi) is 4.33. The molecule has 0 bridgehead atoms. The van der Waals surface area contributed by atoms with E-state index in [2.05, 4.69) is 5.10 Å². The summed E-state index contributed by atoms with van der Waals surface area (Å²) < 4.78 is 1.88. The topological polar surface area (TPSA) is 34.9 Å². The molecule has 0 radical (unpaired) electrons. The maximum absolute atomic E-state index is 11.1. The highest BCUT2D eigenvalue weighted by Gasteiger charge is 2.08. The number of Topliss-reactive ketones (excluding diaryl/α,β-unsaturated/α-hetero) is 1. The normalized spacial score (nSPS) is 10.7. The lowest BCUT2D eigenvalue weighted by atomic mass is 10.2.